The molecule has 3 rings (SSSR count). The Hall–Kier alpha value is -1.34. The first-order chi connectivity index (χ1) is 7.66. The molecule has 0 atom stereocenters. The molecule has 0 nitrogen and oxygen atoms in total. The van der Waals surface area contributed by atoms with Crippen LogP contribution >= 0.6 is 11.3 Å². The fourth-order valence-electron chi connectivity index (χ4n) is 2.29. The molecule has 2 aromatic carbocycles. The average Bonchev–Trinajstić information content (AvgIpc) is 2.63. The maximum absolute atomic E-state index is 2.31. The van der Waals surface area contributed by atoms with Crippen molar-refractivity contribution in [2.45, 2.75) is 20.8 Å². The normalized spacial score (nSPS) is 11.4. The highest BCUT2D eigenvalue weighted by molar-refractivity contribution is 7.26. The predicted octanol–water partition coefficient (Wildman–Crippen LogP) is 4.98. The third kappa shape index (κ3) is 1.28. The zero-order valence-corrected chi connectivity index (χ0v) is 10.6. The van der Waals surface area contributed by atoms with Crippen molar-refractivity contribution in [3.63, 3.8) is 0 Å². The first-order valence-corrected chi connectivity index (χ1v) is 6.37. The number of hydrogen-bond donors (Lipinski definition) is 0. The van der Waals surface area contributed by atoms with E-state index >= 15 is 0 Å². The van der Waals surface area contributed by atoms with Crippen molar-refractivity contribution in [3.05, 3.63) is 47.0 Å². The van der Waals surface area contributed by atoms with Gasteiger partial charge in [0.15, 0.2) is 0 Å². The molecule has 0 saturated heterocycles. The summed E-state index contributed by atoms with van der Waals surface area (Å²) in [6.45, 7) is 6.56. The Morgan fingerprint density at radius 1 is 0.875 bits per heavy atom. The summed E-state index contributed by atoms with van der Waals surface area (Å²) < 4.78 is 2.85. The smallest absolute Gasteiger partial charge is 0.0387 e. The van der Waals surface area contributed by atoms with E-state index in [0.29, 0.717) is 0 Å². The van der Waals surface area contributed by atoms with Gasteiger partial charge in [0, 0.05) is 20.2 Å². The summed E-state index contributed by atoms with van der Waals surface area (Å²) in [6.07, 6.45) is 0. The average molecular weight is 226 g/mol. The van der Waals surface area contributed by atoms with Gasteiger partial charge in [0.1, 0.15) is 0 Å². The second-order valence-corrected chi connectivity index (χ2v) is 5.56. The summed E-state index contributed by atoms with van der Waals surface area (Å²) in [5, 5.41) is 2.87. The van der Waals surface area contributed by atoms with Crippen molar-refractivity contribution in [2.75, 3.05) is 0 Å². The Morgan fingerprint density at radius 3 is 2.44 bits per heavy atom. The van der Waals surface area contributed by atoms with Crippen molar-refractivity contribution >= 4 is 31.5 Å². The van der Waals surface area contributed by atoms with Crippen LogP contribution in [0.15, 0.2) is 30.3 Å². The Labute approximate surface area is 99.5 Å². The van der Waals surface area contributed by atoms with Crippen LogP contribution < -0.4 is 0 Å². The van der Waals surface area contributed by atoms with Crippen LogP contribution in [0.1, 0.15) is 16.7 Å². The predicted molar refractivity (Wildman–Crippen MR) is 73.5 cm³/mol. The minimum absolute atomic E-state index is 1.34. The molecule has 1 heterocycles. The van der Waals surface area contributed by atoms with Gasteiger partial charge in [-0.1, -0.05) is 23.8 Å². The fourth-order valence-corrected chi connectivity index (χ4v) is 3.52. The van der Waals surface area contributed by atoms with Gasteiger partial charge >= 0.3 is 0 Å². The van der Waals surface area contributed by atoms with Crippen LogP contribution in [0.25, 0.3) is 20.2 Å². The highest BCUT2D eigenvalue weighted by Crippen LogP contribution is 2.37. The lowest BCUT2D eigenvalue weighted by Gasteiger charge is -2.00. The van der Waals surface area contributed by atoms with Crippen LogP contribution in [0.2, 0.25) is 0 Å². The third-order valence-corrected chi connectivity index (χ3v) is 4.49. The van der Waals surface area contributed by atoms with Crippen LogP contribution in [-0.2, 0) is 0 Å². The summed E-state index contributed by atoms with van der Waals surface area (Å²) in [5.74, 6) is 0. The van der Waals surface area contributed by atoms with Gasteiger partial charge < -0.3 is 0 Å². The molecule has 0 saturated carbocycles. The Bertz CT molecular complexity index is 689. The molecule has 0 unspecified atom stereocenters. The van der Waals surface area contributed by atoms with E-state index in [4.69, 9.17) is 0 Å². The second kappa shape index (κ2) is 3.33. The molecule has 3 aromatic rings. The van der Waals surface area contributed by atoms with Crippen LogP contribution in [0.4, 0.5) is 0 Å². The molecule has 0 aliphatic rings. The van der Waals surface area contributed by atoms with Crippen LogP contribution in [0.5, 0.6) is 0 Å². The first-order valence-electron chi connectivity index (χ1n) is 5.56. The molecular weight excluding hydrogens is 212 g/mol. The molecule has 0 aliphatic heterocycles. The number of fused-ring (bicyclic) bond motifs is 3. The molecule has 0 bridgehead atoms. The topological polar surface area (TPSA) is 0 Å². The van der Waals surface area contributed by atoms with Gasteiger partial charge in [0.25, 0.3) is 0 Å². The number of aryl methyl sites for hydroxylation is 3. The minimum atomic E-state index is 1.34. The van der Waals surface area contributed by atoms with Crippen molar-refractivity contribution in [1.82, 2.24) is 0 Å². The molecule has 1 aromatic heterocycles. The van der Waals surface area contributed by atoms with Gasteiger partial charge in [-0.25, -0.2) is 0 Å². The van der Waals surface area contributed by atoms with Gasteiger partial charge in [-0.15, -0.1) is 11.3 Å². The zero-order chi connectivity index (χ0) is 11.3. The highest BCUT2D eigenvalue weighted by atomic mass is 32.1. The molecule has 0 aliphatic carbocycles. The van der Waals surface area contributed by atoms with Gasteiger partial charge in [0.05, 0.1) is 0 Å². The van der Waals surface area contributed by atoms with Gasteiger partial charge in [-0.3, -0.25) is 0 Å². The van der Waals surface area contributed by atoms with Crippen molar-refractivity contribution < 1.29 is 0 Å². The van der Waals surface area contributed by atoms with E-state index in [1.807, 2.05) is 11.3 Å². The maximum atomic E-state index is 2.31. The molecule has 0 amide bonds. The summed E-state index contributed by atoms with van der Waals surface area (Å²) >= 11 is 1.91. The zero-order valence-electron chi connectivity index (χ0n) is 9.79. The van der Waals surface area contributed by atoms with Crippen molar-refractivity contribution in [3.8, 4) is 0 Å². The highest BCUT2D eigenvalue weighted by Gasteiger charge is 2.08. The molecule has 0 fully saturated rings. The van der Waals surface area contributed by atoms with Crippen molar-refractivity contribution in [1.29, 1.82) is 0 Å². The Balaban J connectivity index is 2.62. The SMILES string of the molecule is Cc1ccc2sc3c(C)ccc(C)c3c2c1. The van der Waals surface area contributed by atoms with E-state index in [0.717, 1.165) is 0 Å². The molecular formula is C15H14S. The van der Waals surface area contributed by atoms with Gasteiger partial charge in [0.2, 0.25) is 0 Å². The maximum Gasteiger partial charge on any atom is 0.0387 e. The third-order valence-electron chi connectivity index (χ3n) is 3.18. The number of thiophene rings is 1. The monoisotopic (exact) mass is 226 g/mol. The summed E-state index contributed by atoms with van der Waals surface area (Å²) in [6, 6.07) is 11.2. The first kappa shape index (κ1) is 9.86. The second-order valence-electron chi connectivity index (χ2n) is 4.51. The molecule has 0 spiro atoms. The van der Waals surface area contributed by atoms with E-state index in [1.165, 1.54) is 36.9 Å². The quantitative estimate of drug-likeness (QED) is 0.507. The molecule has 0 radical (unpaired) electrons. The number of hydrogen-bond acceptors (Lipinski definition) is 1. The lowest BCUT2D eigenvalue weighted by atomic mass is 10.0. The number of benzene rings is 2. The van der Waals surface area contributed by atoms with Crippen LogP contribution in [0.3, 0.4) is 0 Å². The molecule has 1 heteroatoms. The van der Waals surface area contributed by atoms with Gasteiger partial charge in [-0.2, -0.15) is 0 Å². The van der Waals surface area contributed by atoms with E-state index in [1.54, 1.807) is 0 Å². The summed E-state index contributed by atoms with van der Waals surface area (Å²) in [7, 11) is 0. The lowest BCUT2D eigenvalue weighted by Crippen LogP contribution is -1.78. The van der Waals surface area contributed by atoms with Gasteiger partial charge in [-0.05, 0) is 44.0 Å². The minimum Gasteiger partial charge on any atom is -0.135 e. The molecule has 16 heavy (non-hydrogen) atoms. The standard InChI is InChI=1S/C15H14S/c1-9-4-7-13-12(8-9)14-10(2)5-6-11(3)15(14)16-13/h4-8H,1-3H3. The van der Waals surface area contributed by atoms with E-state index < -0.39 is 0 Å². The largest absolute Gasteiger partial charge is 0.135 e. The van der Waals surface area contributed by atoms with Crippen LogP contribution in [0, 0.1) is 20.8 Å². The van der Waals surface area contributed by atoms with Crippen molar-refractivity contribution in [2.24, 2.45) is 0 Å². The lowest BCUT2D eigenvalue weighted by molar-refractivity contribution is 1.48. The summed E-state index contributed by atoms with van der Waals surface area (Å²) in [4.78, 5) is 0. The van der Waals surface area contributed by atoms with E-state index in [2.05, 4.69) is 51.1 Å². The number of rotatable bonds is 0. The Morgan fingerprint density at radius 2 is 1.62 bits per heavy atom. The van der Waals surface area contributed by atoms with Crippen LogP contribution in [-0.4, -0.2) is 0 Å². The molecule has 80 valence electrons. The van der Waals surface area contributed by atoms with E-state index in [-0.39, 0.29) is 0 Å². The van der Waals surface area contributed by atoms with E-state index in [9.17, 15) is 0 Å². The molecule has 0 N–H and O–H groups in total. The Kier molecular flexibility index (Phi) is 2.05. The summed E-state index contributed by atoms with van der Waals surface area (Å²) in [5.41, 5.74) is 4.12. The fraction of sp³-hybridized carbons (Fsp3) is 0.200.